The molecule has 2 aromatic carbocycles. The van der Waals surface area contributed by atoms with Crippen LogP contribution in [-0.2, 0) is 33.9 Å². The minimum absolute atomic E-state index is 0.0328. The van der Waals surface area contributed by atoms with Crippen LogP contribution in [0.15, 0.2) is 77.4 Å². The normalized spacial score (nSPS) is 18.6. The van der Waals surface area contributed by atoms with Crippen LogP contribution in [0.1, 0.15) is 102 Å². The number of carbonyl (C=O) groups excluding carboxylic acids is 5. The number of anilines is 1. The molecule has 62 heavy (non-hydrogen) atoms. The number of aliphatic imine (C=N–C) groups is 1. The molecule has 4 heterocycles. The van der Waals surface area contributed by atoms with Gasteiger partial charge in [0.25, 0.3) is 23.6 Å². The molecule has 7 rings (SSSR count). The smallest absolute Gasteiger partial charge is 0.255 e. The number of amides is 5. The fraction of sp³-hybridized carbons (Fsp3) is 0.438. The number of hydrogen-bond acceptors (Lipinski definition) is 10. The molecular weight excluding hydrogens is 783 g/mol. The summed E-state index contributed by atoms with van der Waals surface area (Å²) in [6, 6.07) is 15.0. The lowest BCUT2D eigenvalue weighted by Gasteiger charge is -2.30. The third-order valence-electron chi connectivity index (χ3n) is 12.1. The summed E-state index contributed by atoms with van der Waals surface area (Å²) in [5, 5.41) is 9.50. The van der Waals surface area contributed by atoms with Crippen molar-refractivity contribution in [1.82, 2.24) is 30.3 Å². The summed E-state index contributed by atoms with van der Waals surface area (Å²) in [5.41, 5.74) is 13.0. The largest absolute Gasteiger partial charge is 0.387 e. The summed E-state index contributed by atoms with van der Waals surface area (Å²) < 4.78 is 0. The summed E-state index contributed by atoms with van der Waals surface area (Å²) in [4.78, 5) is 78.3. The van der Waals surface area contributed by atoms with E-state index in [1.807, 2.05) is 47.4 Å². The van der Waals surface area contributed by atoms with Crippen LogP contribution < -0.4 is 21.7 Å². The Kier molecular flexibility index (Phi) is 14.7. The SMILES string of the molecule is CCCN(CCC)C(=O)C1=Cc2ccc(C(=O)Nc3cnc4c(c3)CN(Cc3ccc(C(=O)NCCNCC5CCC(CN6C(=O)C=CC6=O)CC5)cc3)CC4)cc2N=C(N)C1. The number of imide groups is 1. The molecule has 1 saturated carbocycles. The van der Waals surface area contributed by atoms with E-state index in [-0.39, 0.29) is 36.0 Å². The number of nitrogens with zero attached hydrogens (tertiary/aromatic N) is 5. The second-order valence-corrected chi connectivity index (χ2v) is 16.9. The van der Waals surface area contributed by atoms with Crippen molar-refractivity contribution in [2.75, 3.05) is 51.1 Å². The first-order chi connectivity index (χ1) is 30.1. The van der Waals surface area contributed by atoms with Gasteiger partial charge in [-0.1, -0.05) is 32.0 Å². The lowest BCUT2D eigenvalue weighted by molar-refractivity contribution is -0.137. The van der Waals surface area contributed by atoms with E-state index in [4.69, 9.17) is 5.73 Å². The van der Waals surface area contributed by atoms with Crippen LogP contribution in [0.2, 0.25) is 0 Å². The van der Waals surface area contributed by atoms with Crippen molar-refractivity contribution in [2.45, 2.75) is 78.3 Å². The summed E-state index contributed by atoms with van der Waals surface area (Å²) in [5.74, 6) is 0.417. The Morgan fingerprint density at radius 2 is 1.58 bits per heavy atom. The van der Waals surface area contributed by atoms with Crippen LogP contribution in [0.3, 0.4) is 0 Å². The highest BCUT2D eigenvalue weighted by Gasteiger charge is 2.29. The van der Waals surface area contributed by atoms with Gasteiger partial charge in [0.1, 0.15) is 5.84 Å². The van der Waals surface area contributed by atoms with Crippen LogP contribution >= 0.6 is 0 Å². The zero-order valence-electron chi connectivity index (χ0n) is 36.0. The Morgan fingerprint density at radius 1 is 0.871 bits per heavy atom. The number of amidine groups is 1. The number of carbonyl (C=O) groups is 5. The van der Waals surface area contributed by atoms with Crippen LogP contribution in [0.4, 0.5) is 11.4 Å². The average molecular weight is 842 g/mol. The molecule has 1 aliphatic carbocycles. The summed E-state index contributed by atoms with van der Waals surface area (Å²) in [6.45, 7) is 10.3. The number of nitrogens with one attached hydrogen (secondary N) is 3. The number of fused-ring (bicyclic) bond motifs is 2. The molecule has 0 saturated heterocycles. The quantitative estimate of drug-likeness (QED) is 0.103. The molecule has 4 aliphatic rings. The van der Waals surface area contributed by atoms with E-state index in [1.165, 1.54) is 17.1 Å². The third kappa shape index (κ3) is 11.3. The molecular formula is C48H59N9O5. The number of pyridine rings is 1. The third-order valence-corrected chi connectivity index (χ3v) is 12.1. The van der Waals surface area contributed by atoms with Crippen LogP contribution in [0, 0.1) is 11.8 Å². The van der Waals surface area contributed by atoms with Gasteiger partial charge < -0.3 is 26.6 Å². The number of nitrogens with two attached hydrogens (primary N) is 1. The predicted molar refractivity (Wildman–Crippen MR) is 240 cm³/mol. The number of aromatic nitrogens is 1. The van der Waals surface area contributed by atoms with Gasteiger partial charge in [-0.2, -0.15) is 0 Å². The fourth-order valence-corrected chi connectivity index (χ4v) is 8.80. The van der Waals surface area contributed by atoms with Crippen molar-refractivity contribution in [3.05, 3.63) is 106 Å². The molecule has 1 fully saturated rings. The van der Waals surface area contributed by atoms with Crippen molar-refractivity contribution >= 4 is 52.8 Å². The second kappa shape index (κ2) is 20.7. The minimum atomic E-state index is -0.292. The number of hydrogen-bond donors (Lipinski definition) is 4. The number of benzene rings is 2. The molecule has 0 spiro atoms. The van der Waals surface area contributed by atoms with Crippen molar-refractivity contribution in [1.29, 1.82) is 0 Å². The van der Waals surface area contributed by atoms with Crippen molar-refractivity contribution in [2.24, 2.45) is 22.6 Å². The summed E-state index contributed by atoms with van der Waals surface area (Å²) in [7, 11) is 0. The monoisotopic (exact) mass is 841 g/mol. The second-order valence-electron chi connectivity index (χ2n) is 16.9. The highest BCUT2D eigenvalue weighted by Crippen LogP contribution is 2.31. The summed E-state index contributed by atoms with van der Waals surface area (Å²) >= 11 is 0. The highest BCUT2D eigenvalue weighted by atomic mass is 16.2. The van der Waals surface area contributed by atoms with Crippen molar-refractivity contribution in [3.8, 4) is 0 Å². The molecule has 326 valence electrons. The lowest BCUT2D eigenvalue weighted by atomic mass is 9.81. The van der Waals surface area contributed by atoms with Crippen LogP contribution in [-0.4, -0.2) is 101 Å². The van der Waals surface area contributed by atoms with Crippen LogP contribution in [0.25, 0.3) is 6.08 Å². The molecule has 3 aliphatic heterocycles. The Morgan fingerprint density at radius 3 is 2.31 bits per heavy atom. The van der Waals surface area contributed by atoms with Gasteiger partial charge in [0.05, 0.1) is 17.6 Å². The molecule has 14 nitrogen and oxygen atoms in total. The predicted octanol–water partition coefficient (Wildman–Crippen LogP) is 5.37. The first-order valence-electron chi connectivity index (χ1n) is 22.2. The maximum atomic E-state index is 13.5. The first-order valence-corrected chi connectivity index (χ1v) is 22.2. The van der Waals surface area contributed by atoms with Gasteiger partial charge in [-0.15, -0.1) is 0 Å². The standard InChI is InChI=1S/C48H59N9O5/c1-3-20-56(21-4-2)48(62)38-23-36-13-14-37(25-42(36)54-43(49)26-38)47(61)53-40-24-39-31-55(22-17-41(39)52-28-40)29-33-9-11-35(12-10-33)46(60)51-19-18-50-27-32-5-7-34(8-6-32)30-57-44(58)15-16-45(57)59/h9-16,23-25,28,32,34,50H,3-8,17-22,26-27,29-31H2,1-2H3,(H2,49,54)(H,51,60)(H,53,61). The van der Waals surface area contributed by atoms with E-state index >= 15 is 0 Å². The lowest BCUT2D eigenvalue weighted by Crippen LogP contribution is -2.37. The maximum absolute atomic E-state index is 13.5. The highest BCUT2D eigenvalue weighted by molar-refractivity contribution is 6.13. The molecule has 5 amide bonds. The molecule has 0 atom stereocenters. The van der Waals surface area contributed by atoms with Gasteiger partial charge in [-0.3, -0.25) is 38.8 Å². The van der Waals surface area contributed by atoms with E-state index in [1.54, 1.807) is 18.3 Å². The molecule has 1 aromatic heterocycles. The van der Waals surface area contributed by atoms with Gasteiger partial charge in [0, 0.05) is 105 Å². The van der Waals surface area contributed by atoms with Crippen LogP contribution in [0.5, 0.6) is 0 Å². The van der Waals surface area contributed by atoms with E-state index in [0.717, 1.165) is 80.4 Å². The van der Waals surface area contributed by atoms with Gasteiger partial charge in [0.2, 0.25) is 5.91 Å². The van der Waals surface area contributed by atoms with Gasteiger partial charge in [-0.05, 0) is 104 Å². The van der Waals surface area contributed by atoms with E-state index in [2.05, 4.69) is 44.7 Å². The average Bonchev–Trinajstić information content (AvgIpc) is 3.47. The fourth-order valence-electron chi connectivity index (χ4n) is 8.80. The molecule has 5 N–H and O–H groups in total. The van der Waals surface area contributed by atoms with E-state index < -0.39 is 0 Å². The van der Waals surface area contributed by atoms with Crippen molar-refractivity contribution in [3.63, 3.8) is 0 Å². The Balaban J connectivity index is 0.848. The Bertz CT molecular complexity index is 2220. The number of rotatable bonds is 17. The molecule has 0 radical (unpaired) electrons. The first kappa shape index (κ1) is 44.1. The van der Waals surface area contributed by atoms with Crippen molar-refractivity contribution < 1.29 is 24.0 Å². The van der Waals surface area contributed by atoms with Gasteiger partial charge in [0.15, 0.2) is 0 Å². The Labute approximate surface area is 364 Å². The maximum Gasteiger partial charge on any atom is 0.255 e. The van der Waals surface area contributed by atoms with Gasteiger partial charge >= 0.3 is 0 Å². The van der Waals surface area contributed by atoms with Gasteiger partial charge in [-0.25, -0.2) is 4.99 Å². The Hall–Kier alpha value is -5.99. The minimum Gasteiger partial charge on any atom is -0.387 e. The van der Waals surface area contributed by atoms with E-state index in [9.17, 15) is 24.0 Å². The zero-order valence-corrected chi connectivity index (χ0v) is 36.0. The summed E-state index contributed by atoms with van der Waals surface area (Å²) in [6.07, 6.45) is 13.2. The topological polar surface area (TPSA) is 182 Å². The molecule has 0 unspecified atom stereocenters. The molecule has 0 bridgehead atoms. The zero-order chi connectivity index (χ0) is 43.6. The molecule has 14 heteroatoms. The van der Waals surface area contributed by atoms with E-state index in [0.29, 0.717) is 91.6 Å². The molecule has 3 aromatic rings.